The number of nitriles is 1. The highest BCUT2D eigenvalue weighted by Crippen LogP contribution is 2.31. The van der Waals surface area contributed by atoms with Crippen molar-refractivity contribution >= 4 is 23.1 Å². The van der Waals surface area contributed by atoms with E-state index >= 15 is 0 Å². The third-order valence-corrected chi connectivity index (χ3v) is 6.57. The standard InChI is InChI=1S/C26H26N8O3/c1-2-25(36)33-9-7-32(8-10-33)23-4-3-19(15-29-23)22-13-21(17-34-26(22)20(14-27)16-30-34)37-12-11-31-6-5-28-24(35)18-31/h1,3-4,13,15-17H,5-12,18H2,(H,28,35). The molecule has 188 valence electrons. The fraction of sp³-hybridized carbons (Fsp3) is 0.346. The number of nitrogens with one attached hydrogen (secondary N) is 1. The number of pyridine rings is 2. The van der Waals surface area contributed by atoms with Gasteiger partial charge in [-0.3, -0.25) is 14.5 Å². The monoisotopic (exact) mass is 498 g/mol. The molecule has 3 aromatic rings. The van der Waals surface area contributed by atoms with E-state index in [2.05, 4.69) is 32.3 Å². The fourth-order valence-electron chi connectivity index (χ4n) is 4.62. The minimum absolute atomic E-state index is 0.0226. The zero-order valence-electron chi connectivity index (χ0n) is 20.3. The summed E-state index contributed by atoms with van der Waals surface area (Å²) >= 11 is 0. The first kappa shape index (κ1) is 24.1. The second-order valence-corrected chi connectivity index (χ2v) is 8.86. The smallest absolute Gasteiger partial charge is 0.298 e. The lowest BCUT2D eigenvalue weighted by Gasteiger charge is -2.34. The van der Waals surface area contributed by atoms with Crippen LogP contribution in [0.5, 0.6) is 5.75 Å². The van der Waals surface area contributed by atoms with Crippen LogP contribution in [0, 0.1) is 23.7 Å². The maximum Gasteiger partial charge on any atom is 0.298 e. The molecule has 3 aromatic heterocycles. The van der Waals surface area contributed by atoms with E-state index < -0.39 is 0 Å². The Hall–Kier alpha value is -4.61. The van der Waals surface area contributed by atoms with Gasteiger partial charge in [0.05, 0.1) is 30.0 Å². The summed E-state index contributed by atoms with van der Waals surface area (Å²) in [6.45, 7) is 5.23. The van der Waals surface area contributed by atoms with Crippen LogP contribution in [0.3, 0.4) is 0 Å². The predicted octanol–water partition coefficient (Wildman–Crippen LogP) is 0.360. The molecule has 11 nitrogen and oxygen atoms in total. The highest BCUT2D eigenvalue weighted by atomic mass is 16.5. The maximum absolute atomic E-state index is 11.7. The molecule has 11 heteroatoms. The van der Waals surface area contributed by atoms with E-state index in [1.807, 2.05) is 23.1 Å². The number of fused-ring (bicyclic) bond motifs is 1. The molecule has 1 N–H and O–H groups in total. The Bertz CT molecular complexity index is 1390. The quantitative estimate of drug-likeness (QED) is 0.484. The summed E-state index contributed by atoms with van der Waals surface area (Å²) in [5, 5.41) is 16.8. The maximum atomic E-state index is 11.7. The van der Waals surface area contributed by atoms with E-state index in [1.54, 1.807) is 21.8 Å². The molecule has 0 unspecified atom stereocenters. The average molecular weight is 499 g/mol. The van der Waals surface area contributed by atoms with Crippen LogP contribution in [0.4, 0.5) is 5.82 Å². The van der Waals surface area contributed by atoms with Crippen LogP contribution >= 0.6 is 0 Å². The Kier molecular flexibility index (Phi) is 6.88. The number of anilines is 1. The number of hydrogen-bond donors (Lipinski definition) is 1. The van der Waals surface area contributed by atoms with E-state index in [0.29, 0.717) is 69.2 Å². The van der Waals surface area contributed by atoms with Crippen LogP contribution < -0.4 is 15.0 Å². The minimum atomic E-state index is -0.287. The van der Waals surface area contributed by atoms with Crippen LogP contribution in [-0.4, -0.2) is 95.2 Å². The molecule has 0 saturated carbocycles. The number of terminal acetylenes is 1. The lowest BCUT2D eigenvalue weighted by atomic mass is 10.1. The van der Waals surface area contributed by atoms with E-state index in [9.17, 15) is 14.9 Å². The van der Waals surface area contributed by atoms with Crippen LogP contribution in [0.15, 0.2) is 36.8 Å². The third-order valence-electron chi connectivity index (χ3n) is 6.57. The van der Waals surface area contributed by atoms with Crippen molar-refractivity contribution in [2.75, 3.05) is 63.9 Å². The molecule has 5 heterocycles. The summed E-state index contributed by atoms with van der Waals surface area (Å²) in [5.74, 6) is 3.31. The summed E-state index contributed by atoms with van der Waals surface area (Å²) in [5.41, 5.74) is 2.75. The lowest BCUT2D eigenvalue weighted by Crippen LogP contribution is -2.48. The summed E-state index contributed by atoms with van der Waals surface area (Å²) in [6.07, 6.45) is 10.3. The van der Waals surface area contributed by atoms with Crippen LogP contribution in [0.25, 0.3) is 16.6 Å². The molecule has 0 radical (unpaired) electrons. The molecular formula is C26H26N8O3. The normalized spacial score (nSPS) is 16.2. The predicted molar refractivity (Wildman–Crippen MR) is 136 cm³/mol. The van der Waals surface area contributed by atoms with Gasteiger partial charge in [-0.05, 0) is 24.1 Å². The van der Waals surface area contributed by atoms with E-state index in [1.165, 1.54) is 6.20 Å². The molecular weight excluding hydrogens is 472 g/mol. The molecule has 0 aromatic carbocycles. The summed E-state index contributed by atoms with van der Waals surface area (Å²) < 4.78 is 7.67. The van der Waals surface area contributed by atoms with Gasteiger partial charge >= 0.3 is 0 Å². The zero-order valence-corrected chi connectivity index (χ0v) is 20.3. The van der Waals surface area contributed by atoms with Crippen molar-refractivity contribution in [2.24, 2.45) is 0 Å². The first-order valence-electron chi connectivity index (χ1n) is 12.1. The van der Waals surface area contributed by atoms with E-state index in [4.69, 9.17) is 11.2 Å². The number of hydrogen-bond acceptors (Lipinski definition) is 8. The summed E-state index contributed by atoms with van der Waals surface area (Å²) in [7, 11) is 0. The van der Waals surface area contributed by atoms with Crippen molar-refractivity contribution < 1.29 is 14.3 Å². The number of carbonyl (C=O) groups excluding carboxylic acids is 2. The number of nitrogens with zero attached hydrogens (tertiary/aromatic N) is 7. The molecule has 2 aliphatic rings. The summed E-state index contributed by atoms with van der Waals surface area (Å²) in [6, 6.07) is 7.99. The first-order chi connectivity index (χ1) is 18.1. The molecule has 0 aliphatic carbocycles. The van der Waals surface area contributed by atoms with Gasteiger partial charge in [0.2, 0.25) is 5.91 Å². The number of carbonyl (C=O) groups is 2. The summed E-state index contributed by atoms with van der Waals surface area (Å²) in [4.78, 5) is 33.8. The van der Waals surface area contributed by atoms with Gasteiger partial charge < -0.3 is 19.9 Å². The number of aromatic nitrogens is 3. The second kappa shape index (κ2) is 10.6. The van der Waals surface area contributed by atoms with Crippen molar-refractivity contribution in [3.05, 3.63) is 42.4 Å². The molecule has 2 saturated heterocycles. The van der Waals surface area contributed by atoms with Gasteiger partial charge in [0.15, 0.2) is 0 Å². The van der Waals surface area contributed by atoms with Crippen molar-refractivity contribution in [1.82, 2.24) is 29.7 Å². The highest BCUT2D eigenvalue weighted by Gasteiger charge is 2.21. The molecule has 0 atom stereocenters. The van der Waals surface area contributed by atoms with Crippen molar-refractivity contribution in [2.45, 2.75) is 0 Å². The molecule has 0 bridgehead atoms. The topological polar surface area (TPSA) is 119 Å². The largest absolute Gasteiger partial charge is 0.491 e. The van der Waals surface area contributed by atoms with Crippen LogP contribution in [-0.2, 0) is 9.59 Å². The van der Waals surface area contributed by atoms with Gasteiger partial charge in [-0.2, -0.15) is 10.4 Å². The number of amides is 2. The molecule has 0 spiro atoms. The third kappa shape index (κ3) is 5.17. The molecule has 2 amide bonds. The Morgan fingerprint density at radius 2 is 2.03 bits per heavy atom. The van der Waals surface area contributed by atoms with Gasteiger partial charge in [-0.15, -0.1) is 6.42 Å². The van der Waals surface area contributed by atoms with Crippen LogP contribution in [0.1, 0.15) is 5.56 Å². The lowest BCUT2D eigenvalue weighted by molar-refractivity contribution is -0.125. The van der Waals surface area contributed by atoms with Crippen LogP contribution in [0.2, 0.25) is 0 Å². The number of rotatable bonds is 6. The Morgan fingerprint density at radius 1 is 1.19 bits per heavy atom. The van der Waals surface area contributed by atoms with Gasteiger partial charge in [-0.25, -0.2) is 9.50 Å². The number of ether oxygens (including phenoxy) is 1. The SMILES string of the molecule is C#CC(=O)N1CCN(c2ccc(-c3cc(OCCN4CCNC(=O)C4)cn4ncc(C#N)c34)cn2)CC1. The van der Waals surface area contributed by atoms with Gasteiger partial charge in [-0.1, -0.05) is 0 Å². The average Bonchev–Trinajstić information content (AvgIpc) is 3.35. The Morgan fingerprint density at radius 3 is 2.73 bits per heavy atom. The van der Waals surface area contributed by atoms with Crippen molar-refractivity contribution in [3.63, 3.8) is 0 Å². The minimum Gasteiger partial charge on any atom is -0.491 e. The fourth-order valence-corrected chi connectivity index (χ4v) is 4.62. The van der Waals surface area contributed by atoms with Crippen molar-refractivity contribution in [3.8, 4) is 35.3 Å². The van der Waals surface area contributed by atoms with E-state index in [-0.39, 0.29) is 11.8 Å². The van der Waals surface area contributed by atoms with Gasteiger partial charge in [0, 0.05) is 63.1 Å². The molecule has 5 rings (SSSR count). The van der Waals surface area contributed by atoms with Crippen molar-refractivity contribution in [1.29, 1.82) is 5.26 Å². The van der Waals surface area contributed by atoms with E-state index in [0.717, 1.165) is 23.5 Å². The molecule has 2 aliphatic heterocycles. The van der Waals surface area contributed by atoms with Gasteiger partial charge in [0.25, 0.3) is 5.91 Å². The number of piperazine rings is 2. The Balaban J connectivity index is 1.34. The Labute approximate surface area is 214 Å². The molecule has 37 heavy (non-hydrogen) atoms. The van der Waals surface area contributed by atoms with Gasteiger partial charge in [0.1, 0.15) is 24.2 Å². The highest BCUT2D eigenvalue weighted by molar-refractivity contribution is 5.93. The molecule has 2 fully saturated rings. The first-order valence-corrected chi connectivity index (χ1v) is 12.1. The zero-order chi connectivity index (χ0) is 25.8. The second-order valence-electron chi connectivity index (χ2n) is 8.86.